The van der Waals surface area contributed by atoms with E-state index in [0.717, 1.165) is 0 Å². The molecule has 1 aromatic rings. The molecule has 0 aliphatic heterocycles. The maximum Gasteiger partial charge on any atom is 0.355 e. The Morgan fingerprint density at radius 3 is 2.71 bits per heavy atom. The summed E-state index contributed by atoms with van der Waals surface area (Å²) in [4.78, 5) is 27.5. The topological polar surface area (TPSA) is 75.0 Å². The number of hydrogen-bond acceptors (Lipinski definition) is 4. The molecule has 0 saturated heterocycles. The van der Waals surface area contributed by atoms with Crippen LogP contribution in [0.1, 0.15) is 23.0 Å². The van der Waals surface area contributed by atoms with E-state index in [-0.39, 0.29) is 28.2 Å². The molecule has 0 aliphatic rings. The third kappa shape index (κ3) is 2.08. The lowest BCUT2D eigenvalue weighted by Crippen LogP contribution is -2.19. The third-order valence-electron chi connectivity index (χ3n) is 1.66. The van der Waals surface area contributed by atoms with Crippen molar-refractivity contribution >= 4 is 18.2 Å². The van der Waals surface area contributed by atoms with Crippen LogP contribution >= 0.6 is 12.2 Å². The van der Waals surface area contributed by atoms with Crippen molar-refractivity contribution in [3.8, 4) is 0 Å². The molecule has 5 nitrogen and oxygen atoms in total. The van der Waals surface area contributed by atoms with Gasteiger partial charge in [0.25, 0.3) is 5.56 Å². The van der Waals surface area contributed by atoms with Crippen LogP contribution in [0, 0.1) is 11.7 Å². The molecule has 0 spiro atoms. The van der Waals surface area contributed by atoms with Gasteiger partial charge in [0.2, 0.25) is 0 Å². The van der Waals surface area contributed by atoms with Crippen molar-refractivity contribution in [3.05, 3.63) is 26.4 Å². The highest BCUT2D eigenvalue weighted by atomic mass is 32.1. The zero-order valence-corrected chi connectivity index (χ0v) is 8.66. The average Bonchev–Trinajstić information content (AvgIpc) is 2.11. The molecule has 1 heterocycles. The molecule has 1 aromatic heterocycles. The van der Waals surface area contributed by atoms with Gasteiger partial charge in [-0.3, -0.25) is 9.78 Å². The highest BCUT2D eigenvalue weighted by Gasteiger charge is 2.12. The predicted octanol–water partition coefficient (Wildman–Crippen LogP) is 0.918. The molecule has 0 bridgehead atoms. The van der Waals surface area contributed by atoms with Crippen LogP contribution in [0.3, 0.4) is 0 Å². The van der Waals surface area contributed by atoms with Gasteiger partial charge < -0.3 is 9.72 Å². The first-order valence-electron chi connectivity index (χ1n) is 4.06. The summed E-state index contributed by atoms with van der Waals surface area (Å²) in [5.41, 5.74) is 0.00875. The van der Waals surface area contributed by atoms with E-state index >= 15 is 0 Å². The summed E-state index contributed by atoms with van der Waals surface area (Å²) in [5.74, 6) is -0.567. The summed E-state index contributed by atoms with van der Waals surface area (Å²) in [7, 11) is 0. The molecule has 0 atom stereocenters. The lowest BCUT2D eigenvalue weighted by atomic mass is 10.2. The van der Waals surface area contributed by atoms with Crippen molar-refractivity contribution < 1.29 is 9.53 Å². The molecule has 0 radical (unpaired) electrons. The number of H-pyrrole nitrogens is 2. The minimum Gasteiger partial charge on any atom is -0.461 e. The number of aromatic nitrogens is 2. The number of esters is 1. The first-order valence-corrected chi connectivity index (χ1v) is 4.47. The number of hydrogen-bond donors (Lipinski definition) is 2. The second-order valence-corrected chi connectivity index (χ2v) is 3.04. The SMILES string of the molecule is CCOC(=O)c1[nH]c(=S)[nH]c(=O)c1C. The number of carbonyl (C=O) groups excluding carboxylic acids is 1. The van der Waals surface area contributed by atoms with Gasteiger partial charge in [0.15, 0.2) is 4.77 Å². The minimum atomic E-state index is -0.567. The highest BCUT2D eigenvalue weighted by Crippen LogP contribution is 2.00. The summed E-state index contributed by atoms with van der Waals surface area (Å²) >= 11 is 4.73. The quantitative estimate of drug-likeness (QED) is 0.567. The van der Waals surface area contributed by atoms with E-state index in [4.69, 9.17) is 17.0 Å². The Hall–Kier alpha value is -1.43. The molecule has 0 amide bonds. The Morgan fingerprint density at radius 2 is 2.14 bits per heavy atom. The van der Waals surface area contributed by atoms with E-state index < -0.39 is 5.97 Å². The number of ether oxygens (including phenoxy) is 1. The molecule has 0 unspecified atom stereocenters. The van der Waals surface area contributed by atoms with E-state index in [0.29, 0.717) is 0 Å². The molecule has 0 saturated carbocycles. The minimum absolute atomic E-state index is 0.112. The second-order valence-electron chi connectivity index (χ2n) is 2.63. The van der Waals surface area contributed by atoms with Gasteiger partial charge in [-0.1, -0.05) is 0 Å². The number of carbonyl (C=O) groups is 1. The van der Waals surface area contributed by atoms with Crippen LogP contribution in [0.15, 0.2) is 4.79 Å². The molecular weight excluding hydrogens is 204 g/mol. The van der Waals surface area contributed by atoms with Crippen molar-refractivity contribution in [2.45, 2.75) is 13.8 Å². The van der Waals surface area contributed by atoms with E-state index in [9.17, 15) is 9.59 Å². The van der Waals surface area contributed by atoms with Gasteiger partial charge in [0, 0.05) is 5.56 Å². The van der Waals surface area contributed by atoms with E-state index in [1.807, 2.05) is 0 Å². The molecule has 6 heteroatoms. The van der Waals surface area contributed by atoms with E-state index in [1.54, 1.807) is 6.92 Å². The van der Waals surface area contributed by atoms with Crippen molar-refractivity contribution in [1.82, 2.24) is 9.97 Å². The van der Waals surface area contributed by atoms with Crippen molar-refractivity contribution in [1.29, 1.82) is 0 Å². The smallest absolute Gasteiger partial charge is 0.355 e. The second kappa shape index (κ2) is 4.19. The number of aromatic amines is 2. The molecule has 76 valence electrons. The lowest BCUT2D eigenvalue weighted by Gasteiger charge is -2.03. The van der Waals surface area contributed by atoms with Gasteiger partial charge in [0.1, 0.15) is 5.69 Å². The monoisotopic (exact) mass is 214 g/mol. The summed E-state index contributed by atoms with van der Waals surface area (Å²) < 4.78 is 4.86. The van der Waals surface area contributed by atoms with Gasteiger partial charge in [-0.15, -0.1) is 0 Å². The third-order valence-corrected chi connectivity index (χ3v) is 1.86. The van der Waals surface area contributed by atoms with Crippen LogP contribution in [-0.2, 0) is 4.74 Å². The molecule has 0 aromatic carbocycles. The first kappa shape index (κ1) is 10.6. The zero-order valence-electron chi connectivity index (χ0n) is 7.84. The van der Waals surface area contributed by atoms with Gasteiger partial charge in [0.05, 0.1) is 6.61 Å². The summed E-state index contributed by atoms with van der Waals surface area (Å²) in [6.07, 6.45) is 0. The average molecular weight is 214 g/mol. The van der Waals surface area contributed by atoms with Crippen molar-refractivity contribution in [2.75, 3.05) is 6.61 Å². The maximum atomic E-state index is 11.3. The summed E-state index contributed by atoms with van der Waals surface area (Å²) in [5, 5.41) is 0. The van der Waals surface area contributed by atoms with Gasteiger partial charge >= 0.3 is 5.97 Å². The van der Waals surface area contributed by atoms with Gasteiger partial charge in [-0.05, 0) is 26.1 Å². The van der Waals surface area contributed by atoms with Crippen LogP contribution in [0.5, 0.6) is 0 Å². The fourth-order valence-corrected chi connectivity index (χ4v) is 1.15. The molecule has 0 aliphatic carbocycles. The molecule has 0 fully saturated rings. The maximum absolute atomic E-state index is 11.3. The van der Waals surface area contributed by atoms with Crippen molar-refractivity contribution in [3.63, 3.8) is 0 Å². The Bertz CT molecular complexity index is 460. The van der Waals surface area contributed by atoms with Crippen LogP contribution in [0.2, 0.25) is 0 Å². The fraction of sp³-hybridized carbons (Fsp3) is 0.375. The molecule has 1 rings (SSSR count). The van der Waals surface area contributed by atoms with E-state index in [1.165, 1.54) is 6.92 Å². The van der Waals surface area contributed by atoms with Crippen LogP contribution in [-0.4, -0.2) is 22.5 Å². The Labute approximate surface area is 85.1 Å². The Morgan fingerprint density at radius 1 is 1.50 bits per heavy atom. The van der Waals surface area contributed by atoms with Gasteiger partial charge in [-0.25, -0.2) is 4.79 Å². The van der Waals surface area contributed by atoms with Crippen LogP contribution < -0.4 is 5.56 Å². The first-order chi connectivity index (χ1) is 6.56. The van der Waals surface area contributed by atoms with Crippen LogP contribution in [0.4, 0.5) is 0 Å². The number of rotatable bonds is 2. The van der Waals surface area contributed by atoms with Gasteiger partial charge in [-0.2, -0.15) is 0 Å². The summed E-state index contributed by atoms with van der Waals surface area (Å²) in [6, 6.07) is 0. The van der Waals surface area contributed by atoms with Crippen molar-refractivity contribution in [2.24, 2.45) is 0 Å². The molecular formula is C8H10N2O3S. The Kier molecular flexibility index (Phi) is 3.19. The standard InChI is InChI=1S/C8H10N2O3S/c1-3-13-7(12)5-4(2)6(11)10-8(14)9-5/h3H2,1-2H3,(H2,9,10,11,14). The highest BCUT2D eigenvalue weighted by molar-refractivity contribution is 7.71. The fourth-order valence-electron chi connectivity index (χ4n) is 0.956. The van der Waals surface area contributed by atoms with Crippen LogP contribution in [0.25, 0.3) is 0 Å². The Balaban J connectivity index is 3.27. The molecule has 2 N–H and O–H groups in total. The predicted molar refractivity (Wildman–Crippen MR) is 52.9 cm³/mol. The van der Waals surface area contributed by atoms with E-state index in [2.05, 4.69) is 9.97 Å². The number of nitrogens with one attached hydrogen (secondary N) is 2. The largest absolute Gasteiger partial charge is 0.461 e. The molecule has 14 heavy (non-hydrogen) atoms. The summed E-state index contributed by atoms with van der Waals surface area (Å²) in [6.45, 7) is 3.47. The normalized spacial score (nSPS) is 9.86. The zero-order chi connectivity index (χ0) is 10.7. The lowest BCUT2D eigenvalue weighted by molar-refractivity contribution is 0.0518.